The monoisotopic (exact) mass is 473 g/mol. The van der Waals surface area contributed by atoms with Crippen molar-refractivity contribution in [2.75, 3.05) is 26.3 Å². The molecule has 174 valence electrons. The molecule has 0 aliphatic carbocycles. The Morgan fingerprint density at radius 1 is 1.15 bits per heavy atom. The minimum Gasteiger partial charge on any atom is -0.480 e. The number of nitro benzene ring substituents is 1. The second-order valence-electron chi connectivity index (χ2n) is 7.65. The molecule has 11 heteroatoms. The number of rotatable bonds is 7. The van der Waals surface area contributed by atoms with E-state index in [2.05, 4.69) is 4.98 Å². The van der Waals surface area contributed by atoms with Gasteiger partial charge in [0.2, 0.25) is 15.9 Å². The predicted molar refractivity (Wildman–Crippen MR) is 118 cm³/mol. The van der Waals surface area contributed by atoms with Gasteiger partial charge in [0.1, 0.15) is 18.6 Å². The van der Waals surface area contributed by atoms with Crippen LogP contribution in [0.4, 0.5) is 5.69 Å². The van der Waals surface area contributed by atoms with Gasteiger partial charge >= 0.3 is 5.69 Å². The van der Waals surface area contributed by atoms with Crippen molar-refractivity contribution in [3.63, 3.8) is 0 Å². The van der Waals surface area contributed by atoms with Crippen LogP contribution in [0.1, 0.15) is 16.8 Å². The van der Waals surface area contributed by atoms with Crippen molar-refractivity contribution in [1.29, 1.82) is 0 Å². The average molecular weight is 474 g/mol. The molecule has 1 aromatic heterocycles. The van der Waals surface area contributed by atoms with Crippen molar-refractivity contribution in [3.8, 4) is 17.2 Å². The van der Waals surface area contributed by atoms with Crippen molar-refractivity contribution in [1.82, 2.24) is 9.29 Å². The van der Waals surface area contributed by atoms with E-state index in [-0.39, 0.29) is 43.6 Å². The third kappa shape index (κ3) is 4.90. The van der Waals surface area contributed by atoms with Crippen molar-refractivity contribution in [3.05, 3.63) is 69.6 Å². The van der Waals surface area contributed by atoms with Crippen LogP contribution in [-0.2, 0) is 21.4 Å². The fraction of sp³-hybridized carbons (Fsp3) is 0.318. The van der Waals surface area contributed by atoms with Gasteiger partial charge in [-0.05, 0) is 37.6 Å². The fourth-order valence-corrected chi connectivity index (χ4v) is 4.99. The predicted octanol–water partition coefficient (Wildman–Crippen LogP) is 3.47. The molecular weight excluding hydrogens is 450 g/mol. The summed E-state index contributed by atoms with van der Waals surface area (Å²) in [6, 6.07) is 9.50. The first kappa shape index (κ1) is 22.9. The Kier molecular flexibility index (Phi) is 6.45. The molecule has 2 aromatic carbocycles. The molecule has 0 spiro atoms. The fourth-order valence-electron chi connectivity index (χ4n) is 3.56. The maximum atomic E-state index is 12.8. The first-order valence-electron chi connectivity index (χ1n) is 10.3. The summed E-state index contributed by atoms with van der Waals surface area (Å²) >= 11 is 0. The van der Waals surface area contributed by atoms with E-state index < -0.39 is 20.6 Å². The van der Waals surface area contributed by atoms with E-state index in [0.29, 0.717) is 11.6 Å². The molecule has 1 saturated heterocycles. The first-order chi connectivity index (χ1) is 15.8. The van der Waals surface area contributed by atoms with E-state index in [1.165, 1.54) is 22.7 Å². The minimum absolute atomic E-state index is 0.0583. The SMILES string of the molecule is Cc1ccc(-c2nc(COc3ccc(S(=O)(=O)N4CCOCC4)cc3[N+](=O)[O-])co2)c(C)c1. The second kappa shape index (κ2) is 9.30. The van der Waals surface area contributed by atoms with E-state index in [9.17, 15) is 18.5 Å². The zero-order valence-electron chi connectivity index (χ0n) is 18.2. The van der Waals surface area contributed by atoms with Gasteiger partial charge in [0.05, 0.1) is 23.0 Å². The number of nitro groups is 1. The van der Waals surface area contributed by atoms with Gasteiger partial charge < -0.3 is 13.9 Å². The molecule has 1 aliphatic heterocycles. The van der Waals surface area contributed by atoms with Gasteiger partial charge in [0.15, 0.2) is 5.75 Å². The average Bonchev–Trinajstić information content (AvgIpc) is 3.26. The summed E-state index contributed by atoms with van der Waals surface area (Å²) in [5, 5.41) is 11.6. The van der Waals surface area contributed by atoms with E-state index in [1.807, 2.05) is 32.0 Å². The van der Waals surface area contributed by atoms with Gasteiger partial charge in [-0.15, -0.1) is 0 Å². The summed E-state index contributed by atoms with van der Waals surface area (Å²) < 4.78 is 43.2. The highest BCUT2D eigenvalue weighted by molar-refractivity contribution is 7.89. The van der Waals surface area contributed by atoms with E-state index in [1.54, 1.807) is 0 Å². The molecule has 0 atom stereocenters. The van der Waals surface area contributed by atoms with Crippen molar-refractivity contribution in [2.45, 2.75) is 25.3 Å². The van der Waals surface area contributed by atoms with Crippen LogP contribution in [0.5, 0.6) is 5.75 Å². The normalized spacial score (nSPS) is 14.8. The van der Waals surface area contributed by atoms with Crippen LogP contribution < -0.4 is 4.74 Å². The minimum atomic E-state index is -3.87. The molecule has 0 bridgehead atoms. The molecule has 10 nitrogen and oxygen atoms in total. The number of nitrogens with zero attached hydrogens (tertiary/aromatic N) is 3. The summed E-state index contributed by atoms with van der Waals surface area (Å²) in [4.78, 5) is 15.2. The Morgan fingerprint density at radius 3 is 2.61 bits per heavy atom. The highest BCUT2D eigenvalue weighted by atomic mass is 32.2. The number of ether oxygens (including phenoxy) is 2. The van der Waals surface area contributed by atoms with Gasteiger partial charge in [-0.3, -0.25) is 10.1 Å². The quantitative estimate of drug-likeness (QED) is 0.377. The number of sulfonamides is 1. The maximum Gasteiger partial charge on any atom is 0.312 e. The van der Waals surface area contributed by atoms with Crippen molar-refractivity contribution in [2.24, 2.45) is 0 Å². The number of aryl methyl sites for hydroxylation is 2. The number of morpholine rings is 1. The van der Waals surface area contributed by atoms with E-state index in [0.717, 1.165) is 22.8 Å². The molecule has 33 heavy (non-hydrogen) atoms. The Bertz CT molecular complexity index is 1280. The third-order valence-electron chi connectivity index (χ3n) is 5.27. The standard InChI is InChI=1S/C22H23N3O7S/c1-15-3-5-19(16(2)11-15)22-23-17(14-32-22)13-31-21-6-4-18(12-20(21)25(26)27)33(28,29)24-7-9-30-10-8-24/h3-6,11-12,14H,7-10,13H2,1-2H3. The lowest BCUT2D eigenvalue weighted by molar-refractivity contribution is -0.386. The van der Waals surface area contributed by atoms with E-state index in [4.69, 9.17) is 13.9 Å². The van der Waals surface area contributed by atoms with Gasteiger partial charge in [0, 0.05) is 24.7 Å². The number of hydrogen-bond donors (Lipinski definition) is 0. The molecule has 0 N–H and O–H groups in total. The first-order valence-corrected chi connectivity index (χ1v) is 11.7. The Hall–Kier alpha value is -3.28. The van der Waals surface area contributed by atoms with Crippen LogP contribution in [0.2, 0.25) is 0 Å². The number of hydrogen-bond acceptors (Lipinski definition) is 8. The second-order valence-corrected chi connectivity index (χ2v) is 9.59. The molecule has 1 aliphatic rings. The van der Waals surface area contributed by atoms with Gasteiger partial charge in [0.25, 0.3) is 0 Å². The summed E-state index contributed by atoms with van der Waals surface area (Å²) in [5.41, 5.74) is 2.98. The van der Waals surface area contributed by atoms with Crippen LogP contribution >= 0.6 is 0 Å². The summed E-state index contributed by atoms with van der Waals surface area (Å²) in [5.74, 6) is 0.365. The Morgan fingerprint density at radius 2 is 1.91 bits per heavy atom. The zero-order chi connectivity index (χ0) is 23.6. The lowest BCUT2D eigenvalue weighted by atomic mass is 10.1. The zero-order valence-corrected chi connectivity index (χ0v) is 19.0. The molecule has 3 aromatic rings. The topological polar surface area (TPSA) is 125 Å². The Balaban J connectivity index is 1.53. The van der Waals surface area contributed by atoms with Crippen molar-refractivity contribution >= 4 is 15.7 Å². The van der Waals surface area contributed by atoms with Crippen LogP contribution in [-0.4, -0.2) is 48.9 Å². The molecule has 0 unspecified atom stereocenters. The molecule has 4 rings (SSSR count). The molecule has 2 heterocycles. The van der Waals surface area contributed by atoms with Gasteiger partial charge in [-0.25, -0.2) is 13.4 Å². The van der Waals surface area contributed by atoms with Crippen LogP contribution in [0.15, 0.2) is 52.0 Å². The van der Waals surface area contributed by atoms with Gasteiger partial charge in [-0.2, -0.15) is 4.31 Å². The summed E-state index contributed by atoms with van der Waals surface area (Å²) in [7, 11) is -3.87. The maximum absolute atomic E-state index is 12.8. The Labute approximate surface area is 191 Å². The lowest BCUT2D eigenvalue weighted by Crippen LogP contribution is -2.40. The van der Waals surface area contributed by atoms with Crippen LogP contribution in [0, 0.1) is 24.0 Å². The van der Waals surface area contributed by atoms with Crippen LogP contribution in [0.3, 0.4) is 0 Å². The molecule has 0 saturated carbocycles. The molecule has 0 amide bonds. The lowest BCUT2D eigenvalue weighted by Gasteiger charge is -2.26. The molecular formula is C22H23N3O7S. The van der Waals surface area contributed by atoms with Crippen molar-refractivity contribution < 1.29 is 27.2 Å². The third-order valence-corrected chi connectivity index (χ3v) is 7.17. The summed E-state index contributed by atoms with van der Waals surface area (Å²) in [6.07, 6.45) is 1.43. The number of benzene rings is 2. The largest absolute Gasteiger partial charge is 0.480 e. The van der Waals surface area contributed by atoms with Crippen LogP contribution in [0.25, 0.3) is 11.5 Å². The van der Waals surface area contributed by atoms with Gasteiger partial charge in [-0.1, -0.05) is 17.7 Å². The summed E-state index contributed by atoms with van der Waals surface area (Å²) in [6.45, 7) is 4.83. The molecule has 1 fully saturated rings. The molecule has 0 radical (unpaired) electrons. The smallest absolute Gasteiger partial charge is 0.312 e. The van der Waals surface area contributed by atoms with E-state index >= 15 is 0 Å². The highest BCUT2D eigenvalue weighted by Gasteiger charge is 2.29. The number of aromatic nitrogens is 1. The highest BCUT2D eigenvalue weighted by Crippen LogP contribution is 2.32. The number of oxazole rings is 1.